The van der Waals surface area contributed by atoms with Crippen LogP contribution in [0.1, 0.15) is 0 Å². The van der Waals surface area contributed by atoms with E-state index in [1.807, 2.05) is 0 Å². The van der Waals surface area contributed by atoms with Crippen molar-refractivity contribution >= 4 is 23.9 Å². The molecule has 0 saturated carbocycles. The number of amidine groups is 1. The number of aliphatic imine (C=N–C) groups is 3. The van der Waals surface area contributed by atoms with Crippen LogP contribution in [0.4, 0.5) is 0 Å². The van der Waals surface area contributed by atoms with Gasteiger partial charge in [-0.15, -0.1) is 0 Å². The summed E-state index contributed by atoms with van der Waals surface area (Å²) in [5.41, 5.74) is 5.64. The smallest absolute Gasteiger partial charge is 0.284 e. The molecule has 0 unspecified atom stereocenters. The molecule has 0 aliphatic carbocycles. The van der Waals surface area contributed by atoms with Gasteiger partial charge in [-0.25, -0.2) is 9.79 Å². The number of nitrogens with two attached hydrogens (primary N) is 1. The molecule has 53 valence electrons. The number of fused-ring (bicyclic) bond motifs is 1. The second-order valence-corrected chi connectivity index (χ2v) is 2.07. The zero-order chi connectivity index (χ0) is 7.84. The van der Waals surface area contributed by atoms with Crippen molar-refractivity contribution in [2.45, 2.75) is 0 Å². The molecule has 11 heavy (non-hydrogen) atoms. The summed E-state index contributed by atoms with van der Waals surface area (Å²) < 4.78 is 0. The molecule has 0 bridgehead atoms. The molecule has 5 nitrogen and oxygen atoms in total. The number of carbonyl (C=O) groups is 1. The van der Waals surface area contributed by atoms with Crippen molar-refractivity contribution in [1.82, 2.24) is 4.99 Å². The minimum absolute atomic E-state index is 0.0267. The van der Waals surface area contributed by atoms with Gasteiger partial charge >= 0.3 is 11.9 Å². The molecule has 0 aromatic heterocycles. The molecule has 2 heterocycles. The largest absolute Gasteiger partial charge is 0.429 e. The maximum atomic E-state index is 11.0. The second kappa shape index (κ2) is 1.85. The fourth-order valence-electron chi connectivity index (χ4n) is 0.880. The third-order valence-electron chi connectivity index (χ3n) is 1.35. The third-order valence-corrected chi connectivity index (χ3v) is 1.35. The molecule has 5 heteroatoms. The molecule has 1 radical (unpaired) electrons. The van der Waals surface area contributed by atoms with Crippen LogP contribution in [0.2, 0.25) is 0 Å². The number of allylic oxidation sites excluding steroid dienone is 1. The molecule has 2 rings (SSSR count). The van der Waals surface area contributed by atoms with Gasteiger partial charge in [-0.3, -0.25) is 5.73 Å². The Kier molecular flexibility index (Phi) is 1.00. The highest BCUT2D eigenvalue weighted by atomic mass is 16.1. The maximum Gasteiger partial charge on any atom is 0.429 e. The Hall–Kier alpha value is -1.78. The number of hydrogen-bond donors (Lipinski definition) is 1. The normalized spacial score (nSPS) is 20.7. The summed E-state index contributed by atoms with van der Waals surface area (Å²) in [5.74, 6) is -0.0336. The van der Waals surface area contributed by atoms with E-state index >= 15 is 0 Å². The first-order chi connectivity index (χ1) is 5.27. The van der Waals surface area contributed by atoms with Crippen LogP contribution < -0.4 is 10.7 Å². The van der Waals surface area contributed by atoms with E-state index in [9.17, 15) is 4.79 Å². The predicted octanol–water partition coefficient (Wildman–Crippen LogP) is -1.41. The van der Waals surface area contributed by atoms with Gasteiger partial charge in [0, 0.05) is 6.21 Å². The van der Waals surface area contributed by atoms with Crippen molar-refractivity contribution in [1.29, 1.82) is 0 Å². The molecular weight excluding hydrogens is 144 g/mol. The second-order valence-electron chi connectivity index (χ2n) is 2.07. The summed E-state index contributed by atoms with van der Waals surface area (Å²) >= 11 is 0. The van der Waals surface area contributed by atoms with Gasteiger partial charge in [-0.1, -0.05) is 0 Å². The number of guanidine groups is 1. The van der Waals surface area contributed by atoms with Gasteiger partial charge < -0.3 is 0 Å². The molecule has 0 aromatic rings. The molecule has 0 spiro atoms. The van der Waals surface area contributed by atoms with Crippen LogP contribution in [0.15, 0.2) is 21.6 Å². The fourth-order valence-corrected chi connectivity index (χ4v) is 0.880. The molecule has 0 atom stereocenters. The van der Waals surface area contributed by atoms with E-state index in [0.717, 1.165) is 0 Å². The van der Waals surface area contributed by atoms with E-state index in [1.165, 1.54) is 6.21 Å². The summed E-state index contributed by atoms with van der Waals surface area (Å²) in [4.78, 5) is 22.0. The van der Waals surface area contributed by atoms with Crippen molar-refractivity contribution in [3.8, 4) is 0 Å². The van der Waals surface area contributed by atoms with E-state index in [1.54, 1.807) is 6.08 Å². The fraction of sp³-hybridized carbons (Fsp3) is 0. The summed E-state index contributed by atoms with van der Waals surface area (Å²) in [6.45, 7) is 0. The minimum Gasteiger partial charge on any atom is -0.284 e. The van der Waals surface area contributed by atoms with Crippen LogP contribution in [-0.4, -0.2) is 23.9 Å². The first-order valence-corrected chi connectivity index (χ1v) is 2.99. The number of amides is 1. The lowest BCUT2D eigenvalue weighted by Crippen LogP contribution is -2.29. The van der Waals surface area contributed by atoms with E-state index in [4.69, 9.17) is 5.73 Å². The van der Waals surface area contributed by atoms with Crippen LogP contribution in [-0.2, 0) is 4.79 Å². The number of carbonyl (C=O) groups excluding carboxylic acids is 1. The van der Waals surface area contributed by atoms with Crippen molar-refractivity contribution in [2.75, 3.05) is 0 Å². The number of nitrogens with zero attached hydrogens (tertiary/aromatic N) is 3. The average molecular weight is 148 g/mol. The van der Waals surface area contributed by atoms with Crippen LogP contribution in [0.3, 0.4) is 0 Å². The topological polar surface area (TPSA) is 81.9 Å². The van der Waals surface area contributed by atoms with Crippen LogP contribution in [0.5, 0.6) is 0 Å². The van der Waals surface area contributed by atoms with E-state index in [2.05, 4.69) is 15.0 Å². The number of hydrogen-bond acceptors (Lipinski definition) is 4. The highest BCUT2D eigenvalue weighted by Gasteiger charge is 2.29. The van der Waals surface area contributed by atoms with Gasteiger partial charge in [0.15, 0.2) is 0 Å². The highest BCUT2D eigenvalue weighted by molar-refractivity contribution is 6.32. The van der Waals surface area contributed by atoms with Crippen molar-refractivity contribution < 1.29 is 4.79 Å². The van der Waals surface area contributed by atoms with E-state index < -0.39 is 0 Å². The Morgan fingerprint density at radius 2 is 2.36 bits per heavy atom. The van der Waals surface area contributed by atoms with Crippen LogP contribution >= 0.6 is 0 Å². The van der Waals surface area contributed by atoms with Crippen molar-refractivity contribution in [3.05, 3.63) is 11.6 Å². The average Bonchev–Trinajstić information content (AvgIpc) is 2.34. The quantitative estimate of drug-likeness (QED) is 0.457. The summed E-state index contributed by atoms with van der Waals surface area (Å²) in [7, 11) is 0. The summed E-state index contributed by atoms with van der Waals surface area (Å²) in [6.07, 6.45) is 3.07. The van der Waals surface area contributed by atoms with Gasteiger partial charge in [0.1, 0.15) is 5.57 Å². The highest BCUT2D eigenvalue weighted by Crippen LogP contribution is 2.07. The minimum atomic E-state index is -0.370. The Morgan fingerprint density at radius 3 is 3.18 bits per heavy atom. The van der Waals surface area contributed by atoms with E-state index in [-0.39, 0.29) is 11.9 Å². The first kappa shape index (κ1) is 5.96. The van der Waals surface area contributed by atoms with Gasteiger partial charge in [0.05, 0.1) is 0 Å². The van der Waals surface area contributed by atoms with Crippen LogP contribution in [0.25, 0.3) is 0 Å². The molecular formula is C6H4N4O+. The zero-order valence-corrected chi connectivity index (χ0v) is 5.48. The molecule has 0 saturated heterocycles. The third kappa shape index (κ3) is 0.778. The van der Waals surface area contributed by atoms with Crippen LogP contribution in [0, 0.1) is 0 Å². The van der Waals surface area contributed by atoms with E-state index in [0.29, 0.717) is 11.4 Å². The predicted molar refractivity (Wildman–Crippen MR) is 40.3 cm³/mol. The molecule has 1 amide bonds. The molecule has 0 fully saturated rings. The van der Waals surface area contributed by atoms with Crippen molar-refractivity contribution in [3.63, 3.8) is 0 Å². The Bertz CT molecular complexity index is 348. The Balaban J connectivity index is 2.54. The van der Waals surface area contributed by atoms with Crippen molar-refractivity contribution in [2.24, 2.45) is 15.7 Å². The maximum absolute atomic E-state index is 11.0. The Labute approximate surface area is 62.1 Å². The first-order valence-electron chi connectivity index (χ1n) is 2.99. The van der Waals surface area contributed by atoms with Gasteiger partial charge in [-0.05, 0) is 16.1 Å². The Morgan fingerprint density at radius 1 is 1.55 bits per heavy atom. The monoisotopic (exact) mass is 148 g/mol. The van der Waals surface area contributed by atoms with Gasteiger partial charge in [-0.2, -0.15) is 0 Å². The van der Waals surface area contributed by atoms with Gasteiger partial charge in [0.2, 0.25) is 5.84 Å². The summed E-state index contributed by atoms with van der Waals surface area (Å²) in [6, 6.07) is 0. The molecule has 2 N–H and O–H groups in total. The lowest BCUT2D eigenvalue weighted by Gasteiger charge is -1.93. The lowest BCUT2D eigenvalue weighted by molar-refractivity contribution is -0.115. The lowest BCUT2D eigenvalue weighted by atomic mass is 10.2. The molecule has 2 aliphatic heterocycles. The molecule has 0 aromatic carbocycles. The SMILES string of the molecule is NC1=[N+]C(=O)C2=CC=NC2=N1. The number of rotatable bonds is 0. The summed E-state index contributed by atoms with van der Waals surface area (Å²) in [5, 5.41) is 0. The standard InChI is InChI=1S/C6H4N4O/c7-6-9-4-3(1-2-8-4)5(11)10-6/h1-2H,7H2/q+1. The zero-order valence-electron chi connectivity index (χ0n) is 5.48. The molecule has 2 aliphatic rings. The van der Waals surface area contributed by atoms with Gasteiger partial charge in [0.25, 0.3) is 0 Å².